The molecule has 59 heavy (non-hydrogen) atoms. The maximum absolute atomic E-state index is 13.5. The Morgan fingerprint density at radius 3 is 2.24 bits per heavy atom. The van der Waals surface area contributed by atoms with Crippen molar-refractivity contribution in [3.05, 3.63) is 121 Å². The van der Waals surface area contributed by atoms with E-state index < -0.39 is 41.6 Å². The van der Waals surface area contributed by atoms with Gasteiger partial charge in [0.1, 0.15) is 35.1 Å². The maximum atomic E-state index is 13.5. The van der Waals surface area contributed by atoms with Gasteiger partial charge in [0.2, 0.25) is 5.89 Å². The van der Waals surface area contributed by atoms with E-state index >= 15 is 0 Å². The van der Waals surface area contributed by atoms with Crippen molar-refractivity contribution in [2.45, 2.75) is 39.2 Å². The van der Waals surface area contributed by atoms with Gasteiger partial charge in [0.25, 0.3) is 5.88 Å². The Balaban J connectivity index is 0.000000198. The Hall–Kier alpha value is -6.05. The first-order valence-corrected chi connectivity index (χ1v) is 18.4. The Kier molecular flexibility index (Phi) is 15.9. The van der Waals surface area contributed by atoms with Crippen LogP contribution in [0.1, 0.15) is 33.6 Å². The van der Waals surface area contributed by atoms with Gasteiger partial charge in [-0.25, -0.2) is 23.8 Å². The number of carbonyl (C=O) groups is 2. The van der Waals surface area contributed by atoms with E-state index in [4.69, 9.17) is 86.4 Å². The molecule has 0 unspecified atom stereocenters. The van der Waals surface area contributed by atoms with Crippen molar-refractivity contribution in [2.24, 2.45) is 0 Å². The normalized spacial score (nSPS) is 11.2. The molecule has 3 aromatic carbocycles. The molecule has 19 heteroatoms. The first-order chi connectivity index (χ1) is 27.9. The third-order valence-electron chi connectivity index (χ3n) is 7.23. The van der Waals surface area contributed by atoms with Crippen LogP contribution in [-0.2, 0) is 15.0 Å². The van der Waals surface area contributed by atoms with Gasteiger partial charge < -0.3 is 33.6 Å². The average molecular weight is 891 g/mol. The summed E-state index contributed by atoms with van der Waals surface area (Å²) in [6.07, 6.45) is 7.06. The van der Waals surface area contributed by atoms with Crippen molar-refractivity contribution in [1.29, 1.82) is 0 Å². The Bertz CT molecular complexity index is 2540. The zero-order chi connectivity index (χ0) is 43.4. The second-order valence-corrected chi connectivity index (χ2v) is 14.5. The van der Waals surface area contributed by atoms with Crippen LogP contribution in [0.2, 0.25) is 20.1 Å². The molecule has 0 aliphatic carbocycles. The molecule has 0 saturated heterocycles. The number of halogens is 5. The van der Waals surface area contributed by atoms with Crippen LogP contribution in [0.4, 0.5) is 4.39 Å². The number of hydrogen-bond acceptors (Lipinski definition) is 11. The van der Waals surface area contributed by atoms with Crippen molar-refractivity contribution < 1.29 is 47.6 Å². The average Bonchev–Trinajstić information content (AvgIpc) is 3.58. The van der Waals surface area contributed by atoms with E-state index in [1.807, 2.05) is 20.8 Å². The molecule has 0 aliphatic rings. The molecular weight excluding hydrogens is 857 g/mol. The number of pyridine rings is 2. The van der Waals surface area contributed by atoms with Gasteiger partial charge in [-0.1, -0.05) is 73.1 Å². The maximum Gasteiger partial charge on any atom is 0.442 e. The van der Waals surface area contributed by atoms with Gasteiger partial charge in [0.05, 0.1) is 25.8 Å². The lowest BCUT2D eigenvalue weighted by Gasteiger charge is -2.11. The summed E-state index contributed by atoms with van der Waals surface area (Å²) in [5, 5.41) is 23.5. The Morgan fingerprint density at radius 1 is 0.932 bits per heavy atom. The molecular formula is C40H33Cl4FN4O10. The molecule has 0 fully saturated rings. The van der Waals surface area contributed by atoms with Gasteiger partial charge >= 0.3 is 17.7 Å². The van der Waals surface area contributed by atoms with E-state index in [-0.39, 0.29) is 27.6 Å². The molecule has 0 radical (unpaired) electrons. The van der Waals surface area contributed by atoms with Gasteiger partial charge in [0, 0.05) is 29.3 Å². The number of rotatable bonds is 11. The van der Waals surface area contributed by atoms with Crippen LogP contribution < -0.4 is 24.7 Å². The smallest absolute Gasteiger partial charge is 0.442 e. The molecule has 2 N–H and O–H groups in total. The van der Waals surface area contributed by atoms with Crippen LogP contribution in [0, 0.1) is 18.2 Å². The quantitative estimate of drug-likeness (QED) is 0.117. The molecule has 0 amide bonds. The molecule has 6 rings (SSSR count). The SMILES string of the molecule is C#CCOc1cc(-n2nc(C(C)(C)C)oc2=O)c(Cl)cc1Cl.C[C@@H](Oc1ccc(Oc2ncc(Cl)cc2F)cc1)C(=O)O.O=C(O)COc1ccc(Cl)c2cccnc12. The number of carboxylic acid groups (broad SMARTS) is 2. The lowest BCUT2D eigenvalue weighted by molar-refractivity contribution is -0.144. The van der Waals surface area contributed by atoms with Gasteiger partial charge in [-0.05, 0) is 67.6 Å². The fourth-order valence-corrected chi connectivity index (χ4v) is 5.32. The molecule has 1 atom stereocenters. The van der Waals surface area contributed by atoms with Crippen LogP contribution in [0.15, 0.2) is 88.3 Å². The van der Waals surface area contributed by atoms with E-state index in [2.05, 4.69) is 21.0 Å². The minimum atomic E-state index is -1.07. The fourth-order valence-electron chi connectivity index (χ4n) is 4.44. The van der Waals surface area contributed by atoms with Crippen molar-refractivity contribution in [1.82, 2.24) is 19.7 Å². The minimum absolute atomic E-state index is 0.0434. The zero-order valence-electron chi connectivity index (χ0n) is 31.4. The molecule has 3 aromatic heterocycles. The lowest BCUT2D eigenvalue weighted by Crippen LogP contribution is -2.22. The monoisotopic (exact) mass is 888 g/mol. The highest BCUT2D eigenvalue weighted by Crippen LogP contribution is 2.33. The summed E-state index contributed by atoms with van der Waals surface area (Å²) in [5.74, 6) is 0.445. The molecule has 0 saturated carbocycles. The third-order valence-corrected chi connectivity index (χ3v) is 8.37. The number of fused-ring (bicyclic) bond motifs is 1. The minimum Gasteiger partial charge on any atom is -0.480 e. The number of hydrogen-bond donors (Lipinski definition) is 2. The topological polar surface area (TPSA) is 185 Å². The number of carboxylic acids is 2. The summed E-state index contributed by atoms with van der Waals surface area (Å²) in [4.78, 5) is 40.9. The molecule has 0 bridgehead atoms. The van der Waals surface area contributed by atoms with Crippen LogP contribution >= 0.6 is 46.4 Å². The van der Waals surface area contributed by atoms with Gasteiger partial charge in [-0.3, -0.25) is 4.98 Å². The molecule has 14 nitrogen and oxygen atoms in total. The summed E-state index contributed by atoms with van der Waals surface area (Å²) in [6.45, 7) is 6.71. The predicted molar refractivity (Wildman–Crippen MR) is 218 cm³/mol. The number of aromatic nitrogens is 4. The standard InChI is InChI=1S/C15H14Cl2N2O3.C14H11ClFNO4.C11H8ClNO3/c1-5-6-21-12-8-11(9(16)7-10(12)17)19-14(20)22-13(18-19)15(2,3)4;1-8(14(18)19)20-10-2-4-11(5-3-10)21-13-12(16)6-9(15)7-17-13;12-8-3-4-9(16-6-10(14)15)11-7(8)2-1-5-13-11/h1,7-8H,6H2,2-4H3;2-8H,1H3,(H,18,19);1-5H,6H2,(H,14,15)/t;8-;/m.1./s1. The van der Waals surface area contributed by atoms with Crippen molar-refractivity contribution in [2.75, 3.05) is 13.2 Å². The molecule has 308 valence electrons. The van der Waals surface area contributed by atoms with E-state index in [1.54, 1.807) is 30.5 Å². The largest absolute Gasteiger partial charge is 0.480 e. The Labute approximate surface area is 355 Å². The highest BCUT2D eigenvalue weighted by Gasteiger charge is 2.24. The summed E-state index contributed by atoms with van der Waals surface area (Å²) in [6, 6.07) is 16.9. The first-order valence-electron chi connectivity index (χ1n) is 16.9. The van der Waals surface area contributed by atoms with E-state index in [1.165, 1.54) is 49.5 Å². The van der Waals surface area contributed by atoms with Crippen LogP contribution in [0.25, 0.3) is 16.6 Å². The third kappa shape index (κ3) is 13.0. The van der Waals surface area contributed by atoms with Crippen LogP contribution in [0.5, 0.6) is 28.9 Å². The van der Waals surface area contributed by atoms with Gasteiger partial charge in [0.15, 0.2) is 18.5 Å². The number of terminal acetylenes is 1. The lowest BCUT2D eigenvalue weighted by atomic mass is 9.97. The molecule has 0 aliphatic heterocycles. The summed E-state index contributed by atoms with van der Waals surface area (Å²) >= 11 is 23.7. The number of aliphatic carboxylic acids is 2. The van der Waals surface area contributed by atoms with E-state index in [9.17, 15) is 18.8 Å². The van der Waals surface area contributed by atoms with E-state index in [0.717, 1.165) is 16.1 Å². The molecule has 6 aromatic rings. The predicted octanol–water partition coefficient (Wildman–Crippen LogP) is 9.31. The number of benzene rings is 3. The number of nitrogens with zero attached hydrogens (tertiary/aromatic N) is 4. The molecule has 0 spiro atoms. The van der Waals surface area contributed by atoms with Gasteiger partial charge in [-0.15, -0.1) is 11.5 Å². The summed E-state index contributed by atoms with van der Waals surface area (Å²) in [5.41, 5.74) is 0.463. The van der Waals surface area contributed by atoms with Crippen molar-refractivity contribution >= 4 is 69.2 Å². The van der Waals surface area contributed by atoms with Crippen LogP contribution in [-0.4, -0.2) is 61.2 Å². The second-order valence-electron chi connectivity index (χ2n) is 12.8. The second kappa shape index (κ2) is 20.6. The van der Waals surface area contributed by atoms with Crippen molar-refractivity contribution in [3.8, 4) is 46.9 Å². The number of ether oxygens (including phenoxy) is 4. The van der Waals surface area contributed by atoms with Crippen LogP contribution in [0.3, 0.4) is 0 Å². The summed E-state index contributed by atoms with van der Waals surface area (Å²) in [7, 11) is 0. The highest BCUT2D eigenvalue weighted by atomic mass is 35.5. The highest BCUT2D eigenvalue weighted by molar-refractivity contribution is 6.36. The zero-order valence-corrected chi connectivity index (χ0v) is 34.4. The fraction of sp³-hybridized carbons (Fsp3) is 0.200. The van der Waals surface area contributed by atoms with E-state index in [0.29, 0.717) is 45.1 Å². The Morgan fingerprint density at radius 2 is 1.63 bits per heavy atom. The first kappa shape index (κ1) is 45.6. The van der Waals surface area contributed by atoms with Crippen molar-refractivity contribution in [3.63, 3.8) is 0 Å². The summed E-state index contributed by atoms with van der Waals surface area (Å²) < 4.78 is 40.6. The van der Waals surface area contributed by atoms with Gasteiger partial charge in [-0.2, -0.15) is 4.68 Å². The molecule has 3 heterocycles.